The van der Waals surface area contributed by atoms with Crippen LogP contribution in [0.5, 0.6) is 0 Å². The first-order chi connectivity index (χ1) is 19.4. The molecule has 3 aliphatic heterocycles. The molecule has 3 fully saturated rings. The first-order valence-corrected chi connectivity index (χ1v) is 15.0. The van der Waals surface area contributed by atoms with Gasteiger partial charge in [-0.15, -0.1) is 0 Å². The van der Waals surface area contributed by atoms with Gasteiger partial charge in [0.25, 0.3) is 0 Å². The number of hydrogen-bond donors (Lipinski definition) is 2. The number of nitrogens with one attached hydrogen (secondary N) is 1. The van der Waals surface area contributed by atoms with Crippen LogP contribution in [0.4, 0.5) is 4.79 Å². The molecule has 1 aromatic heterocycles. The Labute approximate surface area is 239 Å². The number of amides is 1. The first kappa shape index (κ1) is 25.7. The van der Waals surface area contributed by atoms with Crippen LogP contribution in [-0.4, -0.2) is 69.2 Å². The second kappa shape index (κ2) is 7.91. The van der Waals surface area contributed by atoms with Gasteiger partial charge in [-0.25, -0.2) is 4.79 Å². The monoisotopic (exact) mass is 558 g/mol. The van der Waals surface area contributed by atoms with Crippen LogP contribution in [0.25, 0.3) is 10.9 Å². The van der Waals surface area contributed by atoms with Gasteiger partial charge in [-0.05, 0) is 63.2 Å². The highest BCUT2D eigenvalue weighted by molar-refractivity contribution is 5.97. The molecule has 7 atom stereocenters. The molecule has 0 unspecified atom stereocenters. The topological polar surface area (TPSA) is 101 Å². The number of carbonyl (C=O) groups excluding carboxylic acids is 2. The Morgan fingerprint density at radius 2 is 1.95 bits per heavy atom. The van der Waals surface area contributed by atoms with Crippen molar-refractivity contribution in [3.05, 3.63) is 59.3 Å². The molecular weight excluding hydrogens is 520 g/mol. The summed E-state index contributed by atoms with van der Waals surface area (Å²) in [6.07, 6.45) is 6.68. The van der Waals surface area contributed by atoms with Crippen LogP contribution in [0, 0.1) is 11.3 Å². The number of aromatic nitrogens is 1. The molecular formula is C33H38N2O6. The van der Waals surface area contributed by atoms with Crippen LogP contribution >= 0.6 is 0 Å². The number of nitrogens with zero attached hydrogens (tertiary/aromatic N) is 1. The highest BCUT2D eigenvalue weighted by Crippen LogP contribution is 2.72. The second-order valence-corrected chi connectivity index (χ2v) is 14.0. The van der Waals surface area contributed by atoms with Crippen LogP contribution < -0.4 is 0 Å². The number of benzene rings is 1. The summed E-state index contributed by atoms with van der Waals surface area (Å²) >= 11 is 0. The molecule has 2 N–H and O–H groups in total. The van der Waals surface area contributed by atoms with Gasteiger partial charge >= 0.3 is 6.09 Å². The summed E-state index contributed by atoms with van der Waals surface area (Å²) in [4.78, 5) is 32.5. The molecule has 1 aromatic carbocycles. The fraction of sp³-hybridized carbons (Fsp3) is 0.576. The summed E-state index contributed by atoms with van der Waals surface area (Å²) in [5.74, 6) is -1.33. The summed E-state index contributed by atoms with van der Waals surface area (Å²) in [7, 11) is 0. The first-order valence-electron chi connectivity index (χ1n) is 15.0. The van der Waals surface area contributed by atoms with Gasteiger partial charge in [0.1, 0.15) is 17.3 Å². The zero-order chi connectivity index (χ0) is 28.6. The zero-order valence-corrected chi connectivity index (χ0v) is 24.2. The van der Waals surface area contributed by atoms with E-state index in [2.05, 4.69) is 43.1 Å². The van der Waals surface area contributed by atoms with Crippen molar-refractivity contribution in [3.8, 4) is 0 Å². The number of hydrogen-bond acceptors (Lipinski definition) is 6. The fourth-order valence-corrected chi connectivity index (χ4v) is 9.53. The van der Waals surface area contributed by atoms with E-state index in [4.69, 9.17) is 14.2 Å². The summed E-state index contributed by atoms with van der Waals surface area (Å²) in [5.41, 5.74) is 0.0829. The van der Waals surface area contributed by atoms with Gasteiger partial charge in [-0.1, -0.05) is 44.2 Å². The number of aromatic amines is 1. The highest BCUT2D eigenvalue weighted by atomic mass is 16.8. The quantitative estimate of drug-likeness (QED) is 0.492. The van der Waals surface area contributed by atoms with Gasteiger partial charge in [0.05, 0.1) is 0 Å². The Bertz CT molecular complexity index is 1570. The van der Waals surface area contributed by atoms with Crippen LogP contribution in [0.3, 0.4) is 0 Å². The van der Waals surface area contributed by atoms with Gasteiger partial charge in [-0.2, -0.15) is 0 Å². The standard InChI is InChI=1S/C33H38N2O6/c1-29(2)27-23(36)18-24-32(40-27,41-29)13-12-30(3)31(4)19(16-21-20-10-6-7-11-22(20)34-26(21)31)17-25(33(24,30)38)39-28(37)35-14-8-5-9-15-35/h5-8,10-11,18-19,25,27,34,38H,9,12-17H2,1-4H3/t19-,25+,27+,30-,31-,32+,33+/m1/s1. The van der Waals surface area contributed by atoms with Crippen molar-refractivity contribution in [1.82, 2.24) is 9.88 Å². The zero-order valence-electron chi connectivity index (χ0n) is 24.2. The molecule has 1 saturated heterocycles. The molecule has 1 spiro atoms. The largest absolute Gasteiger partial charge is 0.443 e. The van der Waals surface area contributed by atoms with Crippen molar-refractivity contribution >= 4 is 22.8 Å². The average molecular weight is 559 g/mol. The van der Waals surface area contributed by atoms with Crippen molar-refractivity contribution in [1.29, 1.82) is 0 Å². The molecule has 8 rings (SSSR count). The van der Waals surface area contributed by atoms with Crippen molar-refractivity contribution in [2.75, 3.05) is 13.1 Å². The summed E-state index contributed by atoms with van der Waals surface area (Å²) in [5, 5.41) is 14.6. The SMILES string of the molecule is CC1(C)O[C@@]23CC[C@]4(C)[C@@]5(C)c6[nH]c7ccccc7c6C[C@@H]5C[C@H](OC(=O)N5CC=CCC5)[C@@]4(O)C2=CC(=O)[C@@H]1O3. The molecule has 3 aliphatic carbocycles. The van der Waals surface area contributed by atoms with E-state index < -0.39 is 46.1 Å². The van der Waals surface area contributed by atoms with E-state index in [0.29, 0.717) is 37.9 Å². The third-order valence-corrected chi connectivity index (χ3v) is 11.8. The van der Waals surface area contributed by atoms with E-state index in [1.54, 1.807) is 11.0 Å². The normalized spacial score (nSPS) is 41.9. The lowest BCUT2D eigenvalue weighted by Crippen LogP contribution is -2.75. The number of para-hydroxylation sites is 1. The Hall–Kier alpha value is -2.94. The summed E-state index contributed by atoms with van der Waals surface area (Å²) < 4.78 is 19.4. The maximum atomic E-state index is 13.6. The molecule has 6 aliphatic rings. The number of aliphatic hydroxyl groups is 1. The molecule has 2 saturated carbocycles. The third-order valence-electron chi connectivity index (χ3n) is 11.8. The Morgan fingerprint density at radius 3 is 2.73 bits per heavy atom. The molecule has 2 aromatic rings. The fourth-order valence-electron chi connectivity index (χ4n) is 9.53. The van der Waals surface area contributed by atoms with E-state index in [-0.39, 0.29) is 11.7 Å². The highest BCUT2D eigenvalue weighted by Gasteiger charge is 2.78. The number of carbonyl (C=O) groups is 2. The maximum Gasteiger partial charge on any atom is 0.410 e. The van der Waals surface area contributed by atoms with Crippen molar-refractivity contribution < 1.29 is 28.9 Å². The van der Waals surface area contributed by atoms with E-state index in [1.165, 1.54) is 10.9 Å². The minimum Gasteiger partial charge on any atom is -0.443 e. The molecule has 41 heavy (non-hydrogen) atoms. The van der Waals surface area contributed by atoms with E-state index >= 15 is 0 Å². The summed E-state index contributed by atoms with van der Waals surface area (Å²) in [6.45, 7) is 9.16. The van der Waals surface area contributed by atoms with Gasteiger partial charge in [0.15, 0.2) is 17.7 Å². The summed E-state index contributed by atoms with van der Waals surface area (Å²) in [6, 6.07) is 8.35. The van der Waals surface area contributed by atoms with Gasteiger partial charge in [0.2, 0.25) is 0 Å². The molecule has 8 heteroatoms. The van der Waals surface area contributed by atoms with E-state index in [9.17, 15) is 14.7 Å². The molecule has 0 radical (unpaired) electrons. The van der Waals surface area contributed by atoms with E-state index in [0.717, 1.165) is 24.1 Å². The predicted molar refractivity (Wildman–Crippen MR) is 151 cm³/mol. The Morgan fingerprint density at radius 1 is 1.15 bits per heavy atom. The number of H-pyrrole nitrogens is 1. The number of ketones is 1. The molecule has 216 valence electrons. The third kappa shape index (κ3) is 2.96. The van der Waals surface area contributed by atoms with Crippen LogP contribution in [-0.2, 0) is 30.8 Å². The van der Waals surface area contributed by atoms with Gasteiger partial charge in [-0.3, -0.25) is 4.79 Å². The molecule has 8 nitrogen and oxygen atoms in total. The van der Waals surface area contributed by atoms with Gasteiger partial charge in [0, 0.05) is 52.5 Å². The predicted octanol–water partition coefficient (Wildman–Crippen LogP) is 4.70. The lowest BCUT2D eigenvalue weighted by atomic mass is 9.41. The molecule has 2 bridgehead atoms. The number of ether oxygens (including phenoxy) is 3. The molecule has 4 heterocycles. The number of fused-ring (bicyclic) bond motifs is 9. The smallest absolute Gasteiger partial charge is 0.410 e. The Balaban J connectivity index is 1.31. The Kier molecular flexibility index (Phi) is 4.97. The van der Waals surface area contributed by atoms with Crippen LogP contribution in [0.2, 0.25) is 0 Å². The van der Waals surface area contributed by atoms with Gasteiger partial charge < -0.3 is 29.2 Å². The van der Waals surface area contributed by atoms with Crippen molar-refractivity contribution in [3.63, 3.8) is 0 Å². The van der Waals surface area contributed by atoms with Crippen LogP contribution in [0.15, 0.2) is 48.1 Å². The second-order valence-electron chi connectivity index (χ2n) is 14.0. The van der Waals surface area contributed by atoms with E-state index in [1.807, 2.05) is 26.0 Å². The number of rotatable bonds is 1. The lowest BCUT2D eigenvalue weighted by molar-refractivity contribution is -0.274. The minimum absolute atomic E-state index is 0.126. The molecule has 1 amide bonds. The lowest BCUT2D eigenvalue weighted by Gasteiger charge is -2.67. The maximum absolute atomic E-state index is 13.6. The van der Waals surface area contributed by atoms with Crippen molar-refractivity contribution in [2.45, 2.75) is 94.4 Å². The van der Waals surface area contributed by atoms with Crippen LogP contribution in [0.1, 0.15) is 64.6 Å². The minimum atomic E-state index is -1.70. The average Bonchev–Trinajstić information content (AvgIpc) is 3.54. The van der Waals surface area contributed by atoms with Crippen molar-refractivity contribution in [2.24, 2.45) is 11.3 Å².